The zero-order valence-corrected chi connectivity index (χ0v) is 8.96. The maximum Gasteiger partial charge on any atom is 0.0728 e. The average molecular weight is 185 g/mol. The topological polar surface area (TPSA) is 35.2 Å². The lowest BCUT2D eigenvalue weighted by Crippen LogP contribution is -2.41. The molecule has 13 heavy (non-hydrogen) atoms. The minimum absolute atomic E-state index is 0.285. The molecule has 0 amide bonds. The molecule has 0 aromatic heterocycles. The Morgan fingerprint density at radius 3 is 2.85 bits per heavy atom. The van der Waals surface area contributed by atoms with Gasteiger partial charge in [0, 0.05) is 12.6 Å². The van der Waals surface area contributed by atoms with E-state index in [9.17, 15) is 0 Å². The van der Waals surface area contributed by atoms with Crippen molar-refractivity contribution in [3.05, 3.63) is 0 Å². The maximum absolute atomic E-state index is 6.00. The lowest BCUT2D eigenvalue weighted by molar-refractivity contribution is 0.00108. The van der Waals surface area contributed by atoms with Crippen LogP contribution >= 0.6 is 0 Å². The van der Waals surface area contributed by atoms with E-state index in [1.807, 2.05) is 0 Å². The molecule has 1 rings (SSSR count). The van der Waals surface area contributed by atoms with E-state index in [4.69, 9.17) is 10.5 Å². The van der Waals surface area contributed by atoms with Crippen molar-refractivity contribution in [3.8, 4) is 0 Å². The van der Waals surface area contributed by atoms with Crippen LogP contribution in [0.3, 0.4) is 0 Å². The Morgan fingerprint density at radius 1 is 1.38 bits per heavy atom. The number of unbranched alkanes of at least 4 members (excludes halogenated alkanes) is 1. The van der Waals surface area contributed by atoms with Crippen molar-refractivity contribution in [1.29, 1.82) is 0 Å². The van der Waals surface area contributed by atoms with E-state index < -0.39 is 0 Å². The second kappa shape index (κ2) is 5.61. The predicted octanol–water partition coefficient (Wildman–Crippen LogP) is 2.32. The third kappa shape index (κ3) is 3.65. The summed E-state index contributed by atoms with van der Waals surface area (Å²) in [6.07, 6.45) is 6.27. The highest BCUT2D eigenvalue weighted by Crippen LogP contribution is 2.25. The first-order chi connectivity index (χ1) is 6.24. The first kappa shape index (κ1) is 11.0. The lowest BCUT2D eigenvalue weighted by atomic mass is 9.85. The van der Waals surface area contributed by atoms with Crippen LogP contribution in [0.5, 0.6) is 0 Å². The Balaban J connectivity index is 2.21. The Morgan fingerprint density at radius 2 is 2.15 bits per heavy atom. The van der Waals surface area contributed by atoms with Gasteiger partial charge in [-0.1, -0.05) is 20.3 Å². The highest BCUT2D eigenvalue weighted by atomic mass is 16.5. The van der Waals surface area contributed by atoms with Crippen LogP contribution in [0.1, 0.15) is 46.0 Å². The summed E-state index contributed by atoms with van der Waals surface area (Å²) in [5.41, 5.74) is 6.00. The molecular formula is C11H23NO. The Labute approximate surface area is 81.8 Å². The molecule has 0 heterocycles. The molecule has 0 bridgehead atoms. The van der Waals surface area contributed by atoms with E-state index in [0.29, 0.717) is 6.10 Å². The standard InChI is InChI=1S/C11H23NO/c1-3-4-7-13-11-8-9(2)5-6-10(11)12/h9-11H,3-8,12H2,1-2H3. The van der Waals surface area contributed by atoms with Crippen molar-refractivity contribution in [3.63, 3.8) is 0 Å². The van der Waals surface area contributed by atoms with Crippen LogP contribution in [0.25, 0.3) is 0 Å². The zero-order chi connectivity index (χ0) is 9.68. The molecule has 3 atom stereocenters. The number of rotatable bonds is 4. The summed E-state index contributed by atoms with van der Waals surface area (Å²) < 4.78 is 5.78. The van der Waals surface area contributed by atoms with Gasteiger partial charge in [0.15, 0.2) is 0 Å². The summed E-state index contributed by atoms with van der Waals surface area (Å²) in [6.45, 7) is 5.37. The van der Waals surface area contributed by atoms with Crippen molar-refractivity contribution in [2.24, 2.45) is 11.7 Å². The van der Waals surface area contributed by atoms with Gasteiger partial charge in [-0.25, -0.2) is 0 Å². The van der Waals surface area contributed by atoms with Crippen LogP contribution in [0.15, 0.2) is 0 Å². The van der Waals surface area contributed by atoms with Crippen LogP contribution in [0.2, 0.25) is 0 Å². The van der Waals surface area contributed by atoms with Crippen molar-refractivity contribution in [2.75, 3.05) is 6.61 Å². The predicted molar refractivity (Wildman–Crippen MR) is 55.6 cm³/mol. The largest absolute Gasteiger partial charge is 0.377 e. The van der Waals surface area contributed by atoms with Gasteiger partial charge >= 0.3 is 0 Å². The Kier molecular flexibility index (Phi) is 4.74. The van der Waals surface area contributed by atoms with Crippen LogP contribution in [0, 0.1) is 5.92 Å². The van der Waals surface area contributed by atoms with E-state index in [1.165, 1.54) is 12.8 Å². The fourth-order valence-corrected chi connectivity index (χ4v) is 1.92. The lowest BCUT2D eigenvalue weighted by Gasteiger charge is -2.32. The van der Waals surface area contributed by atoms with Gasteiger partial charge in [0.05, 0.1) is 6.10 Å². The minimum Gasteiger partial charge on any atom is -0.377 e. The van der Waals surface area contributed by atoms with Crippen molar-refractivity contribution in [2.45, 2.75) is 58.1 Å². The third-order valence-corrected chi connectivity index (χ3v) is 2.93. The number of nitrogens with two attached hydrogens (primary N) is 1. The molecule has 0 aromatic carbocycles. The average Bonchev–Trinajstić information content (AvgIpc) is 2.11. The first-order valence-corrected chi connectivity index (χ1v) is 5.61. The maximum atomic E-state index is 6.00. The third-order valence-electron chi connectivity index (χ3n) is 2.93. The second-order valence-corrected chi connectivity index (χ2v) is 4.34. The van der Waals surface area contributed by atoms with E-state index in [0.717, 1.165) is 31.8 Å². The van der Waals surface area contributed by atoms with Gasteiger partial charge in [0.1, 0.15) is 0 Å². The number of ether oxygens (including phenoxy) is 1. The minimum atomic E-state index is 0.285. The van der Waals surface area contributed by atoms with E-state index in [1.54, 1.807) is 0 Å². The van der Waals surface area contributed by atoms with Crippen molar-refractivity contribution < 1.29 is 4.74 Å². The summed E-state index contributed by atoms with van der Waals surface area (Å²) in [6, 6.07) is 0.285. The Bertz CT molecular complexity index is 138. The monoisotopic (exact) mass is 185 g/mol. The van der Waals surface area contributed by atoms with Gasteiger partial charge in [-0.2, -0.15) is 0 Å². The summed E-state index contributed by atoms with van der Waals surface area (Å²) in [4.78, 5) is 0. The molecule has 0 saturated heterocycles. The molecule has 1 aliphatic rings. The zero-order valence-electron chi connectivity index (χ0n) is 8.96. The summed E-state index contributed by atoms with van der Waals surface area (Å²) in [5.74, 6) is 0.798. The van der Waals surface area contributed by atoms with Gasteiger partial charge in [-0.3, -0.25) is 0 Å². The molecule has 1 aliphatic carbocycles. The molecule has 3 unspecified atom stereocenters. The van der Waals surface area contributed by atoms with Gasteiger partial charge in [0.2, 0.25) is 0 Å². The molecule has 2 N–H and O–H groups in total. The molecule has 0 spiro atoms. The first-order valence-electron chi connectivity index (χ1n) is 5.61. The van der Waals surface area contributed by atoms with Crippen LogP contribution in [0.4, 0.5) is 0 Å². The fraction of sp³-hybridized carbons (Fsp3) is 1.00. The van der Waals surface area contributed by atoms with E-state index >= 15 is 0 Å². The molecule has 1 fully saturated rings. The van der Waals surface area contributed by atoms with Crippen LogP contribution in [-0.2, 0) is 4.74 Å². The van der Waals surface area contributed by atoms with Crippen molar-refractivity contribution >= 4 is 0 Å². The quantitative estimate of drug-likeness (QED) is 0.682. The van der Waals surface area contributed by atoms with Gasteiger partial charge in [0.25, 0.3) is 0 Å². The SMILES string of the molecule is CCCCOC1CC(C)CCC1N. The van der Waals surface area contributed by atoms with Crippen LogP contribution < -0.4 is 5.73 Å². The summed E-state index contributed by atoms with van der Waals surface area (Å²) >= 11 is 0. The van der Waals surface area contributed by atoms with E-state index in [2.05, 4.69) is 13.8 Å². The van der Waals surface area contributed by atoms with Crippen molar-refractivity contribution in [1.82, 2.24) is 0 Å². The molecule has 1 saturated carbocycles. The highest BCUT2D eigenvalue weighted by Gasteiger charge is 2.26. The molecular weight excluding hydrogens is 162 g/mol. The molecule has 78 valence electrons. The van der Waals surface area contributed by atoms with Crippen LogP contribution in [-0.4, -0.2) is 18.8 Å². The molecule has 0 radical (unpaired) electrons. The summed E-state index contributed by atoms with van der Waals surface area (Å²) in [7, 11) is 0. The highest BCUT2D eigenvalue weighted by molar-refractivity contribution is 4.81. The van der Waals surface area contributed by atoms with E-state index in [-0.39, 0.29) is 6.04 Å². The normalized spacial score (nSPS) is 34.8. The summed E-state index contributed by atoms with van der Waals surface area (Å²) in [5, 5.41) is 0. The molecule has 0 aliphatic heterocycles. The molecule has 2 heteroatoms. The second-order valence-electron chi connectivity index (χ2n) is 4.34. The molecule has 2 nitrogen and oxygen atoms in total. The fourth-order valence-electron chi connectivity index (χ4n) is 1.92. The van der Waals surface area contributed by atoms with Gasteiger partial charge in [-0.05, 0) is 31.6 Å². The smallest absolute Gasteiger partial charge is 0.0728 e. The molecule has 0 aromatic rings. The number of hydrogen-bond acceptors (Lipinski definition) is 2. The Hall–Kier alpha value is -0.0800. The van der Waals surface area contributed by atoms with Gasteiger partial charge < -0.3 is 10.5 Å². The van der Waals surface area contributed by atoms with Gasteiger partial charge in [-0.15, -0.1) is 0 Å². The number of hydrogen-bond donors (Lipinski definition) is 1.